The molecule has 4 rings (SSSR count). The number of rotatable bonds is 6. The van der Waals surface area contributed by atoms with Gasteiger partial charge in [-0.1, -0.05) is 0 Å². The third-order valence-corrected chi connectivity index (χ3v) is 5.55. The van der Waals surface area contributed by atoms with E-state index in [9.17, 15) is 9.59 Å². The number of ether oxygens (including phenoxy) is 3. The summed E-state index contributed by atoms with van der Waals surface area (Å²) in [5.74, 6) is 1.91. The van der Waals surface area contributed by atoms with Gasteiger partial charge < -0.3 is 29.0 Å². The van der Waals surface area contributed by atoms with Gasteiger partial charge in [0.1, 0.15) is 28.5 Å². The molecule has 0 saturated carbocycles. The minimum absolute atomic E-state index is 0.00624. The van der Waals surface area contributed by atoms with E-state index in [0.29, 0.717) is 52.6 Å². The van der Waals surface area contributed by atoms with Gasteiger partial charge in [-0.3, -0.25) is 9.59 Å². The van der Waals surface area contributed by atoms with E-state index >= 15 is 0 Å². The van der Waals surface area contributed by atoms with Crippen molar-refractivity contribution in [3.8, 4) is 28.6 Å². The summed E-state index contributed by atoms with van der Waals surface area (Å²) >= 11 is 0. The van der Waals surface area contributed by atoms with Crippen molar-refractivity contribution in [3.63, 3.8) is 0 Å². The summed E-state index contributed by atoms with van der Waals surface area (Å²) in [5.41, 5.74) is 0.879. The summed E-state index contributed by atoms with van der Waals surface area (Å²) in [6.45, 7) is 3.17. The van der Waals surface area contributed by atoms with Crippen LogP contribution in [0.4, 0.5) is 0 Å². The van der Waals surface area contributed by atoms with Crippen LogP contribution in [0.2, 0.25) is 0 Å². The molecule has 32 heavy (non-hydrogen) atoms. The first-order valence-corrected chi connectivity index (χ1v) is 10.3. The van der Waals surface area contributed by atoms with Gasteiger partial charge in [-0.15, -0.1) is 0 Å². The highest BCUT2D eigenvalue weighted by Crippen LogP contribution is 2.29. The van der Waals surface area contributed by atoms with Crippen LogP contribution >= 0.6 is 0 Å². The highest BCUT2D eigenvalue weighted by molar-refractivity contribution is 5.87. The van der Waals surface area contributed by atoms with E-state index in [1.807, 2.05) is 11.9 Å². The number of methoxy groups -OCH3 is 2. The predicted octanol–water partition coefficient (Wildman–Crippen LogP) is 1.76. The standard InChI is InChI=1S/C23H26N4O5/c1-26-8-10-27(11-9-26)20(28)14-32-16-6-4-15(5-7-16)22-24-18-12-17(30-2)13-19(31-3)21(18)23(29)25-22/h4-7,12-13H,8-11,14H2,1-3H3,(H,24,25,29). The van der Waals surface area contributed by atoms with Crippen molar-refractivity contribution in [1.29, 1.82) is 0 Å². The quantitative estimate of drug-likeness (QED) is 0.626. The second kappa shape index (κ2) is 9.27. The van der Waals surface area contributed by atoms with Crippen molar-refractivity contribution in [2.45, 2.75) is 0 Å². The fraction of sp³-hybridized carbons (Fsp3) is 0.348. The number of hydrogen-bond donors (Lipinski definition) is 1. The molecule has 1 aromatic heterocycles. The summed E-state index contributed by atoms with van der Waals surface area (Å²) < 4.78 is 16.3. The zero-order valence-corrected chi connectivity index (χ0v) is 18.4. The Labute approximate surface area is 185 Å². The number of amides is 1. The molecule has 0 unspecified atom stereocenters. The highest BCUT2D eigenvalue weighted by Gasteiger charge is 2.19. The maximum Gasteiger partial charge on any atom is 0.262 e. The molecule has 0 bridgehead atoms. The molecule has 9 heteroatoms. The number of H-pyrrole nitrogens is 1. The van der Waals surface area contributed by atoms with E-state index < -0.39 is 0 Å². The molecule has 168 valence electrons. The van der Waals surface area contributed by atoms with E-state index in [4.69, 9.17) is 14.2 Å². The van der Waals surface area contributed by atoms with E-state index in [1.165, 1.54) is 7.11 Å². The first-order chi connectivity index (χ1) is 15.5. The van der Waals surface area contributed by atoms with Gasteiger partial charge in [-0.2, -0.15) is 0 Å². The van der Waals surface area contributed by atoms with Gasteiger partial charge in [0.15, 0.2) is 6.61 Å². The minimum atomic E-state index is -0.303. The summed E-state index contributed by atoms with van der Waals surface area (Å²) in [5, 5.41) is 0.361. The van der Waals surface area contributed by atoms with Gasteiger partial charge in [-0.25, -0.2) is 4.98 Å². The number of carbonyl (C=O) groups excluding carboxylic acids is 1. The van der Waals surface area contributed by atoms with Crippen molar-refractivity contribution in [2.24, 2.45) is 0 Å². The molecule has 1 fully saturated rings. The molecule has 1 saturated heterocycles. The lowest BCUT2D eigenvalue weighted by molar-refractivity contribution is -0.134. The number of likely N-dealkylation sites (N-methyl/N-ethyl adjacent to an activating group) is 1. The van der Waals surface area contributed by atoms with Crippen LogP contribution in [0.15, 0.2) is 41.2 Å². The molecule has 1 N–H and O–H groups in total. The monoisotopic (exact) mass is 438 g/mol. The smallest absolute Gasteiger partial charge is 0.262 e. The maximum absolute atomic E-state index is 12.7. The molecule has 1 aliphatic rings. The molecule has 2 heterocycles. The van der Waals surface area contributed by atoms with Gasteiger partial charge in [0.2, 0.25) is 0 Å². The lowest BCUT2D eigenvalue weighted by Gasteiger charge is -2.32. The number of aromatic amines is 1. The third kappa shape index (κ3) is 4.52. The van der Waals surface area contributed by atoms with Gasteiger partial charge in [0.25, 0.3) is 11.5 Å². The Bertz CT molecular complexity index is 1170. The third-order valence-electron chi connectivity index (χ3n) is 5.55. The van der Waals surface area contributed by atoms with Crippen LogP contribution in [0, 0.1) is 0 Å². The van der Waals surface area contributed by atoms with Crippen LogP contribution in [0.5, 0.6) is 17.2 Å². The first-order valence-electron chi connectivity index (χ1n) is 10.3. The molecule has 9 nitrogen and oxygen atoms in total. The Morgan fingerprint density at radius 3 is 2.41 bits per heavy atom. The number of hydrogen-bond acceptors (Lipinski definition) is 7. The second-order valence-electron chi connectivity index (χ2n) is 7.64. The molecule has 3 aromatic rings. The lowest BCUT2D eigenvalue weighted by atomic mass is 10.1. The van der Waals surface area contributed by atoms with Crippen molar-refractivity contribution < 1.29 is 19.0 Å². The molecule has 0 radical (unpaired) electrons. The number of nitrogens with zero attached hydrogens (tertiary/aromatic N) is 3. The summed E-state index contributed by atoms with van der Waals surface area (Å²) in [6.07, 6.45) is 0. The van der Waals surface area contributed by atoms with Crippen LogP contribution < -0.4 is 19.8 Å². The Hall–Kier alpha value is -3.59. The Kier molecular flexibility index (Phi) is 6.27. The van der Waals surface area contributed by atoms with Crippen molar-refractivity contribution in [1.82, 2.24) is 19.8 Å². The van der Waals surface area contributed by atoms with Crippen LogP contribution in [-0.2, 0) is 4.79 Å². The zero-order valence-electron chi connectivity index (χ0n) is 18.4. The Morgan fingerprint density at radius 2 is 1.75 bits per heavy atom. The first kappa shape index (κ1) is 21.6. The Balaban J connectivity index is 1.50. The fourth-order valence-electron chi connectivity index (χ4n) is 3.63. The van der Waals surface area contributed by atoms with Crippen molar-refractivity contribution in [3.05, 3.63) is 46.8 Å². The average molecular weight is 438 g/mol. The number of fused-ring (bicyclic) bond motifs is 1. The molecule has 0 aliphatic carbocycles. The van der Waals surface area contributed by atoms with Gasteiger partial charge in [-0.05, 0) is 31.3 Å². The van der Waals surface area contributed by atoms with E-state index in [1.54, 1.807) is 43.5 Å². The number of piperazine rings is 1. The van der Waals surface area contributed by atoms with Crippen LogP contribution in [0.1, 0.15) is 0 Å². The molecule has 0 spiro atoms. The molecular weight excluding hydrogens is 412 g/mol. The fourth-order valence-corrected chi connectivity index (χ4v) is 3.63. The lowest BCUT2D eigenvalue weighted by Crippen LogP contribution is -2.48. The van der Waals surface area contributed by atoms with Gasteiger partial charge >= 0.3 is 0 Å². The highest BCUT2D eigenvalue weighted by atomic mass is 16.5. The number of benzene rings is 2. The van der Waals surface area contributed by atoms with Gasteiger partial charge in [0, 0.05) is 43.9 Å². The van der Waals surface area contributed by atoms with Crippen molar-refractivity contribution >= 4 is 16.8 Å². The molecule has 1 amide bonds. The SMILES string of the molecule is COc1cc(OC)c2c(=O)[nH]c(-c3ccc(OCC(=O)N4CCN(C)CC4)cc3)nc2c1. The Morgan fingerprint density at radius 1 is 1.03 bits per heavy atom. The largest absolute Gasteiger partial charge is 0.497 e. The molecule has 0 atom stereocenters. The summed E-state index contributed by atoms with van der Waals surface area (Å²) in [7, 11) is 5.08. The molecule has 1 aliphatic heterocycles. The van der Waals surface area contributed by atoms with Gasteiger partial charge in [0.05, 0.1) is 19.7 Å². The van der Waals surface area contributed by atoms with Crippen molar-refractivity contribution in [2.75, 3.05) is 54.1 Å². The molecule has 2 aromatic carbocycles. The summed E-state index contributed by atoms with van der Waals surface area (Å²) in [4.78, 5) is 36.4. The minimum Gasteiger partial charge on any atom is -0.497 e. The molecular formula is C23H26N4O5. The van der Waals surface area contributed by atoms with E-state index in [-0.39, 0.29) is 18.1 Å². The zero-order chi connectivity index (χ0) is 22.7. The average Bonchev–Trinajstić information content (AvgIpc) is 2.82. The maximum atomic E-state index is 12.7. The number of aromatic nitrogens is 2. The van der Waals surface area contributed by atoms with E-state index in [2.05, 4.69) is 14.9 Å². The number of nitrogens with one attached hydrogen (secondary N) is 1. The normalized spacial score (nSPS) is 14.4. The number of carbonyl (C=O) groups is 1. The second-order valence-corrected chi connectivity index (χ2v) is 7.64. The topological polar surface area (TPSA) is 97.0 Å². The van der Waals surface area contributed by atoms with E-state index in [0.717, 1.165) is 13.1 Å². The van der Waals surface area contributed by atoms with Crippen LogP contribution in [0.25, 0.3) is 22.3 Å². The van der Waals surface area contributed by atoms with Crippen LogP contribution in [0.3, 0.4) is 0 Å². The summed E-state index contributed by atoms with van der Waals surface area (Å²) in [6, 6.07) is 10.4. The van der Waals surface area contributed by atoms with Crippen LogP contribution in [-0.4, -0.2) is 79.7 Å². The predicted molar refractivity (Wildman–Crippen MR) is 120 cm³/mol.